The van der Waals surface area contributed by atoms with Crippen molar-refractivity contribution < 1.29 is 0 Å². The summed E-state index contributed by atoms with van der Waals surface area (Å²) in [4.78, 5) is 6.30. The smallest absolute Gasteiger partial charge is 0.0960 e. The molecule has 3 heteroatoms. The summed E-state index contributed by atoms with van der Waals surface area (Å²) >= 11 is 0. The molecule has 1 saturated heterocycles. The van der Waals surface area contributed by atoms with E-state index in [-0.39, 0.29) is 0 Å². The number of aromatic nitrogens is 1. The molecule has 1 aliphatic rings. The average Bonchev–Trinajstić information content (AvgIpc) is 2.24. The Kier molecular flexibility index (Phi) is 2.99. The molecule has 2 heterocycles. The van der Waals surface area contributed by atoms with Crippen LogP contribution in [0.2, 0.25) is 0 Å². The first-order valence-electron chi connectivity index (χ1n) is 5.49. The lowest BCUT2D eigenvalue weighted by atomic mass is 10.1. The van der Waals surface area contributed by atoms with Crippen LogP contribution in [0.25, 0.3) is 0 Å². The van der Waals surface area contributed by atoms with Crippen molar-refractivity contribution in [2.75, 3.05) is 6.54 Å². The van der Waals surface area contributed by atoms with Crippen LogP contribution in [0.15, 0.2) is 18.5 Å². The predicted octanol–water partition coefficient (Wildman–Crippen LogP) is 2.35. The molecule has 1 aromatic rings. The van der Waals surface area contributed by atoms with Gasteiger partial charge in [0.1, 0.15) is 0 Å². The van der Waals surface area contributed by atoms with Crippen molar-refractivity contribution in [3.05, 3.63) is 29.6 Å². The van der Waals surface area contributed by atoms with Crippen LogP contribution in [0.4, 0.5) is 0 Å². The Morgan fingerprint density at radius 1 is 1.47 bits per heavy atom. The third-order valence-corrected chi connectivity index (χ3v) is 2.98. The Balaban J connectivity index is 2.08. The summed E-state index contributed by atoms with van der Waals surface area (Å²) in [6, 6.07) is 2.03. The van der Waals surface area contributed by atoms with Gasteiger partial charge in [0.2, 0.25) is 0 Å². The van der Waals surface area contributed by atoms with Gasteiger partial charge in [-0.3, -0.25) is 10.4 Å². The van der Waals surface area contributed by atoms with E-state index in [9.17, 15) is 0 Å². The molecule has 0 radical (unpaired) electrons. The van der Waals surface area contributed by atoms with Gasteiger partial charge in [0.15, 0.2) is 0 Å². The Bertz CT molecular complexity index is 360. The molecule has 3 nitrogen and oxygen atoms in total. The van der Waals surface area contributed by atoms with Crippen LogP contribution in [0, 0.1) is 12.3 Å². The van der Waals surface area contributed by atoms with E-state index >= 15 is 0 Å². The molecular formula is C12H17N3. The number of nitrogens with one attached hydrogen (secondary N) is 1. The second-order valence-electron chi connectivity index (χ2n) is 4.13. The molecule has 0 aromatic carbocycles. The third-order valence-electron chi connectivity index (χ3n) is 2.98. The molecule has 1 N–H and O–H groups in total. The van der Waals surface area contributed by atoms with Crippen LogP contribution in [-0.4, -0.2) is 22.3 Å². The highest BCUT2D eigenvalue weighted by atomic mass is 15.2. The van der Waals surface area contributed by atoms with Crippen LogP contribution < -0.4 is 0 Å². The number of piperidine rings is 1. The average molecular weight is 203 g/mol. The zero-order valence-electron chi connectivity index (χ0n) is 9.16. The summed E-state index contributed by atoms with van der Waals surface area (Å²) in [5.41, 5.74) is 2.51. The van der Waals surface area contributed by atoms with Crippen molar-refractivity contribution in [1.29, 1.82) is 5.41 Å². The van der Waals surface area contributed by atoms with Gasteiger partial charge in [-0.05, 0) is 37.0 Å². The van der Waals surface area contributed by atoms with Gasteiger partial charge in [-0.25, -0.2) is 0 Å². The third kappa shape index (κ3) is 2.35. The summed E-state index contributed by atoms with van der Waals surface area (Å²) in [5, 5.41) is 7.87. The fraction of sp³-hybridized carbons (Fsp3) is 0.500. The topological polar surface area (TPSA) is 40.0 Å². The molecule has 1 aromatic heterocycles. The number of nitrogens with zero attached hydrogens (tertiary/aromatic N) is 2. The molecule has 15 heavy (non-hydrogen) atoms. The van der Waals surface area contributed by atoms with Gasteiger partial charge in [-0.2, -0.15) is 0 Å². The van der Waals surface area contributed by atoms with Crippen LogP contribution >= 0.6 is 0 Å². The van der Waals surface area contributed by atoms with Crippen molar-refractivity contribution in [1.82, 2.24) is 9.88 Å². The van der Waals surface area contributed by atoms with Crippen LogP contribution in [-0.2, 0) is 6.54 Å². The Morgan fingerprint density at radius 2 is 2.33 bits per heavy atom. The van der Waals surface area contributed by atoms with Gasteiger partial charge in [-0.1, -0.05) is 0 Å². The minimum atomic E-state index is 0.782. The highest BCUT2D eigenvalue weighted by Gasteiger charge is 2.15. The maximum Gasteiger partial charge on any atom is 0.0960 e. The number of rotatable bonds is 2. The molecular weight excluding hydrogens is 186 g/mol. The Labute approximate surface area is 90.6 Å². The number of aryl methyl sites for hydroxylation is 1. The number of hydrogen-bond donors (Lipinski definition) is 1. The molecule has 1 fully saturated rings. The van der Waals surface area contributed by atoms with Crippen LogP contribution in [0.3, 0.4) is 0 Å². The maximum atomic E-state index is 7.87. The van der Waals surface area contributed by atoms with Crippen LogP contribution in [0.5, 0.6) is 0 Å². The highest BCUT2D eigenvalue weighted by Crippen LogP contribution is 2.15. The van der Waals surface area contributed by atoms with Crippen molar-refractivity contribution in [3.8, 4) is 0 Å². The second kappa shape index (κ2) is 4.43. The van der Waals surface area contributed by atoms with Gasteiger partial charge in [-0.15, -0.1) is 0 Å². The monoisotopic (exact) mass is 203 g/mol. The lowest BCUT2D eigenvalue weighted by molar-refractivity contribution is 0.360. The zero-order chi connectivity index (χ0) is 10.7. The van der Waals surface area contributed by atoms with E-state index in [0.717, 1.165) is 25.3 Å². The van der Waals surface area contributed by atoms with Gasteiger partial charge in [0.05, 0.1) is 5.84 Å². The van der Waals surface area contributed by atoms with E-state index in [1.807, 2.05) is 18.5 Å². The first-order valence-corrected chi connectivity index (χ1v) is 5.49. The van der Waals surface area contributed by atoms with E-state index < -0.39 is 0 Å². The zero-order valence-corrected chi connectivity index (χ0v) is 9.16. The van der Waals surface area contributed by atoms with Crippen LogP contribution in [0.1, 0.15) is 30.4 Å². The highest BCUT2D eigenvalue weighted by molar-refractivity contribution is 5.79. The van der Waals surface area contributed by atoms with E-state index in [2.05, 4.69) is 16.8 Å². The van der Waals surface area contributed by atoms with Crippen molar-refractivity contribution in [3.63, 3.8) is 0 Å². The first kappa shape index (κ1) is 10.1. The molecule has 0 unspecified atom stereocenters. The summed E-state index contributed by atoms with van der Waals surface area (Å²) in [5.74, 6) is 0.782. The minimum absolute atomic E-state index is 0.782. The summed E-state index contributed by atoms with van der Waals surface area (Å²) in [6.45, 7) is 3.97. The van der Waals surface area contributed by atoms with E-state index in [1.165, 1.54) is 24.0 Å². The van der Waals surface area contributed by atoms with Gasteiger partial charge < -0.3 is 4.90 Å². The number of hydrogen-bond acceptors (Lipinski definition) is 2. The van der Waals surface area contributed by atoms with Gasteiger partial charge in [0.25, 0.3) is 0 Å². The molecule has 0 saturated carbocycles. The summed E-state index contributed by atoms with van der Waals surface area (Å²) < 4.78 is 0. The maximum absolute atomic E-state index is 7.87. The fourth-order valence-electron chi connectivity index (χ4n) is 1.93. The lowest BCUT2D eigenvalue weighted by Crippen LogP contribution is -2.34. The standard InChI is InChI=1S/C12H17N3/c1-10-5-6-14-8-11(10)9-15-7-3-2-4-12(15)13/h5-6,8,13H,2-4,7,9H2,1H3. The molecule has 0 aliphatic carbocycles. The Hall–Kier alpha value is -1.38. The second-order valence-corrected chi connectivity index (χ2v) is 4.13. The number of likely N-dealkylation sites (tertiary alicyclic amines) is 1. The van der Waals surface area contributed by atoms with E-state index in [1.54, 1.807) is 0 Å². The fourth-order valence-corrected chi connectivity index (χ4v) is 1.93. The summed E-state index contributed by atoms with van der Waals surface area (Å²) in [7, 11) is 0. The summed E-state index contributed by atoms with van der Waals surface area (Å²) in [6.07, 6.45) is 7.04. The predicted molar refractivity (Wildman–Crippen MR) is 61.0 cm³/mol. The molecule has 0 amide bonds. The molecule has 80 valence electrons. The molecule has 0 atom stereocenters. The normalized spacial score (nSPS) is 16.9. The van der Waals surface area contributed by atoms with Crippen molar-refractivity contribution >= 4 is 5.84 Å². The molecule has 1 aliphatic heterocycles. The molecule has 0 bridgehead atoms. The van der Waals surface area contributed by atoms with E-state index in [4.69, 9.17) is 5.41 Å². The number of amidine groups is 1. The van der Waals surface area contributed by atoms with Gasteiger partial charge >= 0.3 is 0 Å². The minimum Gasteiger partial charge on any atom is -0.356 e. The molecule has 0 spiro atoms. The lowest BCUT2D eigenvalue weighted by Gasteiger charge is -2.29. The Morgan fingerprint density at radius 3 is 3.07 bits per heavy atom. The largest absolute Gasteiger partial charge is 0.356 e. The SMILES string of the molecule is Cc1ccncc1CN1CCCCC1=N. The van der Waals surface area contributed by atoms with Gasteiger partial charge in [0, 0.05) is 31.9 Å². The first-order chi connectivity index (χ1) is 7.27. The molecule has 2 rings (SSSR count). The quantitative estimate of drug-likeness (QED) is 0.801. The van der Waals surface area contributed by atoms with E-state index in [0.29, 0.717) is 0 Å². The number of pyridine rings is 1. The van der Waals surface area contributed by atoms with Crippen molar-refractivity contribution in [2.45, 2.75) is 32.7 Å². The van der Waals surface area contributed by atoms with Crippen molar-refractivity contribution in [2.24, 2.45) is 0 Å².